The minimum atomic E-state index is -1.01. The molecule has 200 valence electrons. The predicted molar refractivity (Wildman–Crippen MR) is 140 cm³/mol. The van der Waals surface area contributed by atoms with E-state index < -0.39 is 29.1 Å². The third-order valence-corrected chi connectivity index (χ3v) is 7.17. The fourth-order valence-corrected chi connectivity index (χ4v) is 5.16. The Hall–Kier alpha value is -4.73. The number of carbonyl (C=O) groups excluding carboxylic acids is 3. The van der Waals surface area contributed by atoms with Crippen LogP contribution in [0.1, 0.15) is 34.3 Å². The van der Waals surface area contributed by atoms with Crippen LogP contribution in [0, 0.1) is 10.1 Å². The fraction of sp³-hybridized carbons (Fsp3) is 0.276. The fourth-order valence-electron chi connectivity index (χ4n) is 5.16. The zero-order valence-electron chi connectivity index (χ0n) is 21.3. The largest absolute Gasteiger partial charge is 0.497 e. The molecule has 3 aromatic carbocycles. The van der Waals surface area contributed by atoms with E-state index in [-0.39, 0.29) is 36.2 Å². The normalized spacial score (nSPS) is 20.5. The molecule has 39 heavy (non-hydrogen) atoms. The summed E-state index contributed by atoms with van der Waals surface area (Å²) in [6.07, 6.45) is -0.227. The number of esters is 1. The third-order valence-electron chi connectivity index (χ3n) is 7.17. The number of nitrogens with zero attached hydrogens (tertiary/aromatic N) is 3. The number of rotatable bonds is 8. The highest BCUT2D eigenvalue weighted by Crippen LogP contribution is 2.34. The third kappa shape index (κ3) is 5.31. The number of hydrogen-bond donors (Lipinski definition) is 0. The SMILES string of the molecule is COc1ccc(CN2C(=O)[C@@H]3CC[C@H](OC(=O)c4ccc([N+](=O)[O-])cc4)[C@H]2C(=O)N3Cc2ccccc2)cc1. The second kappa shape index (κ2) is 10.9. The van der Waals surface area contributed by atoms with E-state index in [1.807, 2.05) is 42.5 Å². The van der Waals surface area contributed by atoms with E-state index in [0.717, 1.165) is 11.1 Å². The first-order valence-corrected chi connectivity index (χ1v) is 12.6. The van der Waals surface area contributed by atoms with Gasteiger partial charge in [0.15, 0.2) is 0 Å². The van der Waals surface area contributed by atoms with Gasteiger partial charge in [-0.3, -0.25) is 19.7 Å². The number of ether oxygens (including phenoxy) is 2. The summed E-state index contributed by atoms with van der Waals surface area (Å²) in [4.78, 5) is 54.3. The molecule has 10 heteroatoms. The van der Waals surface area contributed by atoms with Gasteiger partial charge in [0.1, 0.15) is 23.9 Å². The van der Waals surface area contributed by atoms with Crippen molar-refractivity contribution in [2.45, 2.75) is 44.1 Å². The van der Waals surface area contributed by atoms with Crippen molar-refractivity contribution in [2.24, 2.45) is 0 Å². The highest BCUT2D eigenvalue weighted by atomic mass is 16.6. The minimum Gasteiger partial charge on any atom is -0.497 e. The number of methoxy groups -OCH3 is 1. The minimum absolute atomic E-state index is 0.126. The van der Waals surface area contributed by atoms with Crippen LogP contribution in [0.5, 0.6) is 5.75 Å². The van der Waals surface area contributed by atoms with Gasteiger partial charge in [0.25, 0.3) is 5.69 Å². The Kier molecular flexibility index (Phi) is 7.27. The number of fused-ring (bicyclic) bond motifs is 4. The molecule has 3 aliphatic heterocycles. The molecule has 10 nitrogen and oxygen atoms in total. The standard InChI is InChI=1S/C29H27N3O7/c1-38-23-13-7-20(8-14-23)18-31-26-25(39-29(35)21-9-11-22(12-10-21)32(36)37)16-15-24(27(31)33)30(28(26)34)17-19-5-3-2-4-6-19/h2-14,24-26H,15-18H2,1H3/t24-,25-,26-/m0/s1. The Balaban J connectivity index is 1.44. The van der Waals surface area contributed by atoms with Crippen LogP contribution < -0.4 is 4.74 Å². The molecule has 0 N–H and O–H groups in total. The summed E-state index contributed by atoms with van der Waals surface area (Å²) in [6.45, 7) is 0.437. The number of non-ortho nitro benzene ring substituents is 1. The maximum Gasteiger partial charge on any atom is 0.338 e. The van der Waals surface area contributed by atoms with Crippen molar-refractivity contribution in [3.05, 3.63) is 106 Å². The quantitative estimate of drug-likeness (QED) is 0.248. The van der Waals surface area contributed by atoms with Crippen LogP contribution in [0.25, 0.3) is 0 Å². The van der Waals surface area contributed by atoms with Crippen molar-refractivity contribution >= 4 is 23.5 Å². The summed E-state index contributed by atoms with van der Waals surface area (Å²) in [5.74, 6) is -0.516. The molecule has 3 heterocycles. The van der Waals surface area contributed by atoms with E-state index in [2.05, 4.69) is 0 Å². The van der Waals surface area contributed by atoms with E-state index in [9.17, 15) is 24.5 Å². The second-order valence-electron chi connectivity index (χ2n) is 9.55. The molecule has 6 rings (SSSR count). The van der Waals surface area contributed by atoms with Crippen LogP contribution in [0.4, 0.5) is 5.69 Å². The van der Waals surface area contributed by atoms with Gasteiger partial charge in [-0.1, -0.05) is 42.5 Å². The van der Waals surface area contributed by atoms with E-state index >= 15 is 0 Å². The maximum absolute atomic E-state index is 14.0. The number of piperazine rings is 1. The molecule has 0 radical (unpaired) electrons. The highest BCUT2D eigenvalue weighted by molar-refractivity contribution is 5.98. The zero-order valence-corrected chi connectivity index (χ0v) is 21.3. The first-order chi connectivity index (χ1) is 18.9. The first-order valence-electron chi connectivity index (χ1n) is 12.6. The Morgan fingerprint density at radius 1 is 0.872 bits per heavy atom. The van der Waals surface area contributed by atoms with Gasteiger partial charge in [0.05, 0.1) is 17.6 Å². The molecule has 0 unspecified atom stereocenters. The molecule has 0 aromatic heterocycles. The predicted octanol–water partition coefficient (Wildman–Crippen LogP) is 3.73. The highest BCUT2D eigenvalue weighted by Gasteiger charge is 2.53. The first kappa shape index (κ1) is 25.9. The monoisotopic (exact) mass is 529 g/mol. The Labute approximate surface area is 224 Å². The molecule has 3 atom stereocenters. The average Bonchev–Trinajstić information content (AvgIpc) is 3.16. The number of hydrogen-bond acceptors (Lipinski definition) is 7. The summed E-state index contributed by atoms with van der Waals surface area (Å²) in [5, 5.41) is 11.0. The van der Waals surface area contributed by atoms with E-state index in [4.69, 9.17) is 9.47 Å². The molecule has 2 bridgehead atoms. The van der Waals surface area contributed by atoms with Gasteiger partial charge in [-0.2, -0.15) is 0 Å². The van der Waals surface area contributed by atoms with Gasteiger partial charge in [-0.05, 0) is 48.2 Å². The van der Waals surface area contributed by atoms with Gasteiger partial charge >= 0.3 is 5.97 Å². The lowest BCUT2D eigenvalue weighted by molar-refractivity contribution is -0.384. The molecule has 3 aliphatic rings. The summed E-state index contributed by atoms with van der Waals surface area (Å²) < 4.78 is 11.1. The van der Waals surface area contributed by atoms with Crippen LogP contribution in [0.2, 0.25) is 0 Å². The Morgan fingerprint density at radius 3 is 2.15 bits per heavy atom. The van der Waals surface area contributed by atoms with Crippen molar-refractivity contribution in [1.29, 1.82) is 0 Å². The number of nitro benzene ring substituents is 1. The Bertz CT molecular complexity index is 1380. The lowest BCUT2D eigenvalue weighted by Crippen LogP contribution is -2.64. The van der Waals surface area contributed by atoms with Crippen LogP contribution in [-0.2, 0) is 27.4 Å². The van der Waals surface area contributed by atoms with Crippen LogP contribution in [0.15, 0.2) is 78.9 Å². The summed E-state index contributed by atoms with van der Waals surface area (Å²) in [5.41, 5.74) is 1.68. The van der Waals surface area contributed by atoms with Gasteiger partial charge in [-0.25, -0.2) is 4.79 Å². The molecule has 3 fully saturated rings. The van der Waals surface area contributed by atoms with Gasteiger partial charge in [0.2, 0.25) is 11.8 Å². The molecular weight excluding hydrogens is 502 g/mol. The molecule has 2 amide bonds. The number of carbonyl (C=O) groups is 3. The number of amides is 2. The van der Waals surface area contributed by atoms with Crippen molar-refractivity contribution < 1.29 is 28.8 Å². The lowest BCUT2D eigenvalue weighted by atomic mass is 10.0. The lowest BCUT2D eigenvalue weighted by Gasteiger charge is -2.43. The van der Waals surface area contributed by atoms with Crippen molar-refractivity contribution in [3.8, 4) is 5.75 Å². The second-order valence-corrected chi connectivity index (χ2v) is 9.55. The molecule has 0 saturated carbocycles. The van der Waals surface area contributed by atoms with E-state index in [1.165, 1.54) is 29.2 Å². The molecule has 0 aliphatic carbocycles. The molecule has 0 spiro atoms. The van der Waals surface area contributed by atoms with Gasteiger partial charge < -0.3 is 19.3 Å². The van der Waals surface area contributed by atoms with Crippen LogP contribution in [-0.4, -0.2) is 57.8 Å². The maximum atomic E-state index is 14.0. The number of nitro groups is 1. The molecule has 3 saturated heterocycles. The Morgan fingerprint density at radius 2 is 1.51 bits per heavy atom. The van der Waals surface area contributed by atoms with Crippen molar-refractivity contribution in [3.63, 3.8) is 0 Å². The van der Waals surface area contributed by atoms with E-state index in [0.29, 0.717) is 18.6 Å². The van der Waals surface area contributed by atoms with E-state index in [1.54, 1.807) is 24.1 Å². The van der Waals surface area contributed by atoms with Crippen molar-refractivity contribution in [1.82, 2.24) is 9.80 Å². The summed E-state index contributed by atoms with van der Waals surface area (Å²) in [6, 6.07) is 20.1. The summed E-state index contributed by atoms with van der Waals surface area (Å²) in [7, 11) is 1.57. The number of benzene rings is 3. The average molecular weight is 530 g/mol. The van der Waals surface area contributed by atoms with Gasteiger partial charge in [-0.15, -0.1) is 0 Å². The van der Waals surface area contributed by atoms with Crippen LogP contribution in [0.3, 0.4) is 0 Å². The zero-order chi connectivity index (χ0) is 27.5. The molecular formula is C29H27N3O7. The summed E-state index contributed by atoms with van der Waals surface area (Å²) >= 11 is 0. The van der Waals surface area contributed by atoms with Crippen LogP contribution >= 0.6 is 0 Å². The topological polar surface area (TPSA) is 119 Å². The smallest absolute Gasteiger partial charge is 0.338 e. The van der Waals surface area contributed by atoms with Gasteiger partial charge in [0, 0.05) is 25.2 Å². The molecule has 3 aromatic rings. The van der Waals surface area contributed by atoms with Crippen molar-refractivity contribution in [2.75, 3.05) is 7.11 Å².